The standard InChI is InChI=1S/C7H7F2N/c1-4-2-5(8)6(9)3-7(4)10/h2-3H,10H2,1H3. The Balaban J connectivity index is 3.28. The van der Waals surface area contributed by atoms with Crippen LogP contribution in [-0.4, -0.2) is 0 Å². The number of hydrogen-bond acceptors (Lipinski definition) is 1. The molecule has 0 bridgehead atoms. The highest BCUT2D eigenvalue weighted by Crippen LogP contribution is 2.14. The lowest BCUT2D eigenvalue weighted by Crippen LogP contribution is -1.93. The van der Waals surface area contributed by atoms with Gasteiger partial charge in [-0.15, -0.1) is 0 Å². The predicted molar refractivity (Wildman–Crippen MR) is 35.5 cm³/mol. The Bertz CT molecular complexity index is 208. The van der Waals surface area contributed by atoms with E-state index < -0.39 is 11.6 Å². The third-order valence-electron chi connectivity index (χ3n) is 1.31. The van der Waals surface area contributed by atoms with Gasteiger partial charge in [0.05, 0.1) is 0 Å². The zero-order chi connectivity index (χ0) is 7.72. The molecule has 0 aliphatic carbocycles. The van der Waals surface area contributed by atoms with Crippen molar-refractivity contribution in [2.24, 2.45) is 0 Å². The Morgan fingerprint density at radius 1 is 1.20 bits per heavy atom. The number of nitrogen functional groups attached to an aromatic ring is 1. The molecule has 0 amide bonds. The Kier molecular flexibility index (Phi) is 1.57. The average Bonchev–Trinajstić information content (AvgIpc) is 1.84. The van der Waals surface area contributed by atoms with Gasteiger partial charge in [0.1, 0.15) is 0 Å². The fourth-order valence-corrected chi connectivity index (χ4v) is 0.662. The minimum atomic E-state index is -0.900. The molecular formula is C7H7F2N. The molecule has 0 aliphatic rings. The summed E-state index contributed by atoms with van der Waals surface area (Å²) in [5.74, 6) is -1.75. The van der Waals surface area contributed by atoms with Crippen LogP contribution in [0.3, 0.4) is 0 Å². The number of hydrogen-bond donors (Lipinski definition) is 1. The molecule has 3 heteroatoms. The van der Waals surface area contributed by atoms with Gasteiger partial charge in [-0.1, -0.05) is 0 Å². The normalized spacial score (nSPS) is 9.90. The Morgan fingerprint density at radius 3 is 2.20 bits per heavy atom. The maximum absolute atomic E-state index is 12.3. The van der Waals surface area contributed by atoms with Gasteiger partial charge in [0.15, 0.2) is 11.6 Å². The van der Waals surface area contributed by atoms with Crippen LogP contribution in [0.5, 0.6) is 0 Å². The Morgan fingerprint density at radius 2 is 1.70 bits per heavy atom. The van der Waals surface area contributed by atoms with Gasteiger partial charge in [-0.3, -0.25) is 0 Å². The molecule has 1 rings (SSSR count). The third-order valence-corrected chi connectivity index (χ3v) is 1.31. The molecule has 0 spiro atoms. The second-order valence-corrected chi connectivity index (χ2v) is 2.12. The number of benzene rings is 1. The average molecular weight is 143 g/mol. The lowest BCUT2D eigenvalue weighted by molar-refractivity contribution is 0.508. The monoisotopic (exact) mass is 143 g/mol. The van der Waals surface area contributed by atoms with Gasteiger partial charge in [0, 0.05) is 11.8 Å². The summed E-state index contributed by atoms with van der Waals surface area (Å²) in [7, 11) is 0. The molecule has 0 heterocycles. The van der Waals surface area contributed by atoms with E-state index in [1.54, 1.807) is 6.92 Å². The second-order valence-electron chi connectivity index (χ2n) is 2.12. The molecule has 0 fully saturated rings. The summed E-state index contributed by atoms with van der Waals surface area (Å²) in [5.41, 5.74) is 6.11. The first-order chi connectivity index (χ1) is 4.61. The van der Waals surface area contributed by atoms with Crippen molar-refractivity contribution in [3.8, 4) is 0 Å². The van der Waals surface area contributed by atoms with E-state index in [4.69, 9.17) is 5.73 Å². The van der Waals surface area contributed by atoms with Crippen molar-refractivity contribution in [3.63, 3.8) is 0 Å². The molecule has 1 nitrogen and oxygen atoms in total. The third kappa shape index (κ3) is 1.07. The molecule has 54 valence electrons. The first-order valence-electron chi connectivity index (χ1n) is 2.82. The van der Waals surface area contributed by atoms with Crippen LogP contribution in [0.25, 0.3) is 0 Å². The van der Waals surface area contributed by atoms with Gasteiger partial charge in [-0.2, -0.15) is 0 Å². The summed E-state index contributed by atoms with van der Waals surface area (Å²) in [5, 5.41) is 0. The molecular weight excluding hydrogens is 136 g/mol. The summed E-state index contributed by atoms with van der Waals surface area (Å²) in [4.78, 5) is 0. The van der Waals surface area contributed by atoms with Gasteiger partial charge in [-0.25, -0.2) is 8.78 Å². The van der Waals surface area contributed by atoms with E-state index >= 15 is 0 Å². The second kappa shape index (κ2) is 2.25. The van der Waals surface area contributed by atoms with E-state index in [9.17, 15) is 8.78 Å². The first-order valence-corrected chi connectivity index (χ1v) is 2.82. The number of aryl methyl sites for hydroxylation is 1. The van der Waals surface area contributed by atoms with Crippen LogP contribution >= 0.6 is 0 Å². The van der Waals surface area contributed by atoms with Crippen LogP contribution < -0.4 is 5.73 Å². The maximum Gasteiger partial charge on any atom is 0.160 e. The van der Waals surface area contributed by atoms with Crippen molar-refractivity contribution < 1.29 is 8.78 Å². The summed E-state index contributed by atoms with van der Waals surface area (Å²) in [6.07, 6.45) is 0. The summed E-state index contributed by atoms with van der Waals surface area (Å²) in [6.45, 7) is 1.62. The summed E-state index contributed by atoms with van der Waals surface area (Å²) < 4.78 is 24.6. The zero-order valence-corrected chi connectivity index (χ0v) is 5.49. The molecule has 1 aromatic carbocycles. The van der Waals surface area contributed by atoms with Crippen LogP contribution in [-0.2, 0) is 0 Å². The van der Waals surface area contributed by atoms with Crippen molar-refractivity contribution in [1.29, 1.82) is 0 Å². The fourth-order valence-electron chi connectivity index (χ4n) is 0.662. The minimum absolute atomic E-state index is 0.277. The SMILES string of the molecule is Cc1cc(F)c(F)cc1N. The molecule has 0 radical (unpaired) electrons. The number of rotatable bonds is 0. The van der Waals surface area contributed by atoms with Gasteiger partial charge in [-0.05, 0) is 18.6 Å². The Hall–Kier alpha value is -1.12. The number of halogens is 2. The Labute approximate surface area is 57.5 Å². The van der Waals surface area contributed by atoms with Crippen LogP contribution in [0.2, 0.25) is 0 Å². The van der Waals surface area contributed by atoms with Crippen LogP contribution in [0.4, 0.5) is 14.5 Å². The summed E-state index contributed by atoms with van der Waals surface area (Å²) >= 11 is 0. The van der Waals surface area contributed by atoms with Crippen molar-refractivity contribution in [2.75, 3.05) is 5.73 Å². The van der Waals surface area contributed by atoms with E-state index in [0.29, 0.717) is 5.56 Å². The van der Waals surface area contributed by atoms with Crippen LogP contribution in [0, 0.1) is 18.6 Å². The predicted octanol–water partition coefficient (Wildman–Crippen LogP) is 1.86. The molecule has 1 aromatic rings. The minimum Gasteiger partial charge on any atom is -0.398 e. The number of nitrogens with two attached hydrogens (primary N) is 1. The van der Waals surface area contributed by atoms with E-state index in [-0.39, 0.29) is 5.69 Å². The smallest absolute Gasteiger partial charge is 0.160 e. The molecule has 2 N–H and O–H groups in total. The van der Waals surface area contributed by atoms with Gasteiger partial charge >= 0.3 is 0 Å². The zero-order valence-electron chi connectivity index (χ0n) is 5.49. The van der Waals surface area contributed by atoms with Gasteiger partial charge in [0.2, 0.25) is 0 Å². The topological polar surface area (TPSA) is 26.0 Å². The summed E-state index contributed by atoms with van der Waals surface area (Å²) in [6, 6.07) is 2.05. The van der Waals surface area contributed by atoms with E-state index in [2.05, 4.69) is 0 Å². The maximum atomic E-state index is 12.3. The molecule has 0 saturated carbocycles. The van der Waals surface area contributed by atoms with Gasteiger partial charge < -0.3 is 5.73 Å². The molecule has 0 unspecified atom stereocenters. The van der Waals surface area contributed by atoms with E-state index in [0.717, 1.165) is 12.1 Å². The van der Waals surface area contributed by atoms with Gasteiger partial charge in [0.25, 0.3) is 0 Å². The van der Waals surface area contributed by atoms with Crippen molar-refractivity contribution in [1.82, 2.24) is 0 Å². The first kappa shape index (κ1) is 6.99. The molecule has 10 heavy (non-hydrogen) atoms. The number of anilines is 1. The van der Waals surface area contributed by atoms with Crippen molar-refractivity contribution >= 4 is 5.69 Å². The van der Waals surface area contributed by atoms with Crippen LogP contribution in [0.1, 0.15) is 5.56 Å². The highest BCUT2D eigenvalue weighted by molar-refractivity contribution is 5.46. The lowest BCUT2D eigenvalue weighted by Gasteiger charge is -1.98. The fraction of sp³-hybridized carbons (Fsp3) is 0.143. The molecule has 0 atom stereocenters. The largest absolute Gasteiger partial charge is 0.398 e. The van der Waals surface area contributed by atoms with E-state index in [1.165, 1.54) is 0 Å². The highest BCUT2D eigenvalue weighted by atomic mass is 19.2. The van der Waals surface area contributed by atoms with Crippen molar-refractivity contribution in [2.45, 2.75) is 6.92 Å². The quantitative estimate of drug-likeness (QED) is 0.551. The van der Waals surface area contributed by atoms with Crippen molar-refractivity contribution in [3.05, 3.63) is 29.3 Å². The van der Waals surface area contributed by atoms with Crippen LogP contribution in [0.15, 0.2) is 12.1 Å². The highest BCUT2D eigenvalue weighted by Gasteiger charge is 2.02. The van der Waals surface area contributed by atoms with E-state index in [1.807, 2.05) is 0 Å². The molecule has 0 aromatic heterocycles. The molecule has 0 aliphatic heterocycles. The molecule has 0 saturated heterocycles. The lowest BCUT2D eigenvalue weighted by atomic mass is 10.2.